The molecule has 1 heterocycles. The molecule has 1 aliphatic carbocycles. The molecule has 1 fully saturated rings. The first-order chi connectivity index (χ1) is 18.8. The number of hydrogen-bond acceptors (Lipinski definition) is 4. The van der Waals surface area contributed by atoms with Gasteiger partial charge in [0, 0.05) is 34.8 Å². The molecule has 0 aromatic heterocycles. The molecule has 0 radical (unpaired) electrons. The summed E-state index contributed by atoms with van der Waals surface area (Å²) in [5.74, 6) is 0.547. The van der Waals surface area contributed by atoms with Gasteiger partial charge in [0.05, 0.1) is 11.1 Å². The number of benzene rings is 3. The van der Waals surface area contributed by atoms with E-state index in [2.05, 4.69) is 150 Å². The number of rotatable bonds is 9. The predicted molar refractivity (Wildman–Crippen MR) is 175 cm³/mol. The first kappa shape index (κ1) is 27.8. The minimum absolute atomic E-state index is 0.00380. The summed E-state index contributed by atoms with van der Waals surface area (Å²) in [7, 11) is 0. The van der Waals surface area contributed by atoms with Gasteiger partial charge < -0.3 is 21.3 Å². The van der Waals surface area contributed by atoms with Crippen molar-refractivity contribution in [3.63, 3.8) is 0 Å². The van der Waals surface area contributed by atoms with E-state index in [0.717, 1.165) is 46.0 Å². The molecule has 0 amide bonds. The van der Waals surface area contributed by atoms with Crippen LogP contribution in [0.2, 0.25) is 0 Å². The SMILES string of the molecule is C=C(Nc1cccc(NC(C)(C)C)c1)c1cc(C(=C)C(C)(C)Nc2ccccc2)cc(C2=C3C(C)CNC23C)c1. The second kappa shape index (κ2) is 10.0. The molecule has 3 aromatic rings. The Hall–Kier alpha value is -3.76. The van der Waals surface area contributed by atoms with Gasteiger partial charge in [-0.3, -0.25) is 0 Å². The minimum atomic E-state index is -0.356. The third kappa shape index (κ3) is 5.59. The van der Waals surface area contributed by atoms with E-state index in [-0.39, 0.29) is 16.6 Å². The molecule has 208 valence electrons. The summed E-state index contributed by atoms with van der Waals surface area (Å²) in [6.45, 7) is 25.6. The van der Waals surface area contributed by atoms with Crippen molar-refractivity contribution in [2.24, 2.45) is 5.92 Å². The Kier molecular flexibility index (Phi) is 6.96. The zero-order chi connectivity index (χ0) is 28.9. The molecule has 2 atom stereocenters. The molecule has 1 aliphatic heterocycles. The Morgan fingerprint density at radius 3 is 2.12 bits per heavy atom. The molecular formula is C36H44N4. The van der Waals surface area contributed by atoms with Crippen LogP contribution in [0, 0.1) is 5.92 Å². The molecule has 4 N–H and O–H groups in total. The maximum absolute atomic E-state index is 4.60. The van der Waals surface area contributed by atoms with E-state index in [1.807, 2.05) is 6.07 Å². The average molecular weight is 533 g/mol. The van der Waals surface area contributed by atoms with Gasteiger partial charge in [0.1, 0.15) is 0 Å². The van der Waals surface area contributed by atoms with Gasteiger partial charge in [-0.2, -0.15) is 0 Å². The Balaban J connectivity index is 1.49. The van der Waals surface area contributed by atoms with Crippen LogP contribution in [-0.4, -0.2) is 23.2 Å². The summed E-state index contributed by atoms with van der Waals surface area (Å²) < 4.78 is 0. The van der Waals surface area contributed by atoms with Crippen LogP contribution < -0.4 is 21.3 Å². The smallest absolute Gasteiger partial charge is 0.0637 e. The molecule has 40 heavy (non-hydrogen) atoms. The van der Waals surface area contributed by atoms with Crippen molar-refractivity contribution in [1.82, 2.24) is 5.32 Å². The zero-order valence-corrected chi connectivity index (χ0v) is 25.1. The lowest BCUT2D eigenvalue weighted by Crippen LogP contribution is -2.32. The molecule has 1 saturated heterocycles. The maximum atomic E-state index is 4.60. The van der Waals surface area contributed by atoms with Crippen LogP contribution in [0.5, 0.6) is 0 Å². The number of hydrogen-bond donors (Lipinski definition) is 4. The molecule has 4 nitrogen and oxygen atoms in total. The van der Waals surface area contributed by atoms with E-state index in [9.17, 15) is 0 Å². The summed E-state index contributed by atoms with van der Waals surface area (Å²) in [4.78, 5) is 0. The van der Waals surface area contributed by atoms with E-state index in [0.29, 0.717) is 5.92 Å². The minimum Gasteiger partial charge on any atom is -0.380 e. The van der Waals surface area contributed by atoms with Gasteiger partial charge in [0.2, 0.25) is 0 Å². The predicted octanol–water partition coefficient (Wildman–Crippen LogP) is 8.65. The standard InChI is InChI=1S/C36H44N4/c1-23-22-37-36(9)32(23)33(36)28-19-26(24(2)35(7,8)40-29-14-11-10-12-15-29)18-27(20-28)25(3)38-30-16-13-17-31(21-30)39-34(4,5)6/h10-21,23,37-40H,2-3,22H2,1,4-9H3. The number of anilines is 3. The fourth-order valence-corrected chi connectivity index (χ4v) is 6.02. The summed E-state index contributed by atoms with van der Waals surface area (Å²) in [5.41, 5.74) is 11.0. The van der Waals surface area contributed by atoms with Crippen LogP contribution >= 0.6 is 0 Å². The molecule has 3 aromatic carbocycles. The lowest BCUT2D eigenvalue weighted by Gasteiger charge is -2.31. The van der Waals surface area contributed by atoms with E-state index in [1.54, 1.807) is 0 Å². The van der Waals surface area contributed by atoms with E-state index >= 15 is 0 Å². The van der Waals surface area contributed by atoms with Crippen molar-refractivity contribution in [3.8, 4) is 0 Å². The van der Waals surface area contributed by atoms with Crippen molar-refractivity contribution in [1.29, 1.82) is 0 Å². The topological polar surface area (TPSA) is 48.1 Å². The quantitative estimate of drug-likeness (QED) is 0.223. The second-order valence-corrected chi connectivity index (χ2v) is 13.1. The van der Waals surface area contributed by atoms with Gasteiger partial charge >= 0.3 is 0 Å². The number of para-hydroxylation sites is 1. The Morgan fingerprint density at radius 1 is 0.825 bits per heavy atom. The van der Waals surface area contributed by atoms with Gasteiger partial charge in [-0.1, -0.05) is 44.3 Å². The van der Waals surface area contributed by atoms with Crippen molar-refractivity contribution < 1.29 is 0 Å². The summed E-state index contributed by atoms with van der Waals surface area (Å²) >= 11 is 0. The van der Waals surface area contributed by atoms with Crippen LogP contribution in [0.25, 0.3) is 16.8 Å². The Labute approximate surface area is 240 Å². The highest BCUT2D eigenvalue weighted by atomic mass is 15.1. The summed E-state index contributed by atoms with van der Waals surface area (Å²) in [5, 5.41) is 14.5. The summed E-state index contributed by atoms with van der Waals surface area (Å²) in [6, 6.07) is 25.5. The normalized spacial score (nSPS) is 20.1. The molecule has 0 saturated carbocycles. The van der Waals surface area contributed by atoms with Gasteiger partial charge in [-0.05, 0) is 129 Å². The molecule has 4 heteroatoms. The van der Waals surface area contributed by atoms with Crippen molar-refractivity contribution in [3.05, 3.63) is 108 Å². The van der Waals surface area contributed by atoms with Crippen LogP contribution in [0.1, 0.15) is 65.2 Å². The monoisotopic (exact) mass is 532 g/mol. The van der Waals surface area contributed by atoms with Gasteiger partial charge in [0.15, 0.2) is 0 Å². The fourth-order valence-electron chi connectivity index (χ4n) is 6.02. The lowest BCUT2D eigenvalue weighted by molar-refractivity contribution is 0.630. The number of fused-ring (bicyclic) bond motifs is 1. The van der Waals surface area contributed by atoms with Crippen LogP contribution in [0.4, 0.5) is 17.1 Å². The first-order valence-corrected chi connectivity index (χ1v) is 14.3. The van der Waals surface area contributed by atoms with E-state index in [1.165, 1.54) is 16.7 Å². The van der Waals surface area contributed by atoms with Gasteiger partial charge in [0.25, 0.3) is 0 Å². The van der Waals surface area contributed by atoms with Crippen LogP contribution in [0.3, 0.4) is 0 Å². The highest BCUT2D eigenvalue weighted by molar-refractivity contribution is 5.97. The largest absolute Gasteiger partial charge is 0.380 e. The Morgan fingerprint density at radius 2 is 1.48 bits per heavy atom. The fraction of sp³-hybridized carbons (Fsp3) is 0.333. The van der Waals surface area contributed by atoms with Gasteiger partial charge in [-0.15, -0.1) is 0 Å². The average Bonchev–Trinajstić information content (AvgIpc) is 3.40. The molecule has 2 aliphatic rings. The highest BCUT2D eigenvalue weighted by Gasteiger charge is 2.55. The van der Waals surface area contributed by atoms with Crippen molar-refractivity contribution in [2.45, 2.75) is 65.1 Å². The van der Waals surface area contributed by atoms with E-state index < -0.39 is 0 Å². The zero-order valence-electron chi connectivity index (χ0n) is 25.1. The third-order valence-corrected chi connectivity index (χ3v) is 8.08. The number of nitrogens with one attached hydrogen (secondary N) is 4. The third-order valence-electron chi connectivity index (χ3n) is 8.08. The highest BCUT2D eigenvalue weighted by Crippen LogP contribution is 2.57. The molecule has 2 unspecified atom stereocenters. The maximum Gasteiger partial charge on any atom is 0.0637 e. The molecule has 0 spiro atoms. The van der Waals surface area contributed by atoms with Gasteiger partial charge in [-0.25, -0.2) is 0 Å². The first-order valence-electron chi connectivity index (χ1n) is 14.3. The molecule has 0 bridgehead atoms. The lowest BCUT2D eigenvalue weighted by atomic mass is 9.86. The van der Waals surface area contributed by atoms with Crippen molar-refractivity contribution in [2.75, 3.05) is 22.5 Å². The Bertz CT molecular complexity index is 1490. The van der Waals surface area contributed by atoms with Crippen LogP contribution in [-0.2, 0) is 0 Å². The van der Waals surface area contributed by atoms with E-state index in [4.69, 9.17) is 0 Å². The molecule has 5 rings (SSSR count). The summed E-state index contributed by atoms with van der Waals surface area (Å²) in [6.07, 6.45) is 0. The van der Waals surface area contributed by atoms with Crippen molar-refractivity contribution >= 4 is 33.9 Å². The molecular weight excluding hydrogens is 488 g/mol. The van der Waals surface area contributed by atoms with Crippen LogP contribution in [0.15, 0.2) is 91.5 Å². The second-order valence-electron chi connectivity index (χ2n) is 13.1.